The number of nitrogens with one attached hydrogen (secondary N) is 4. The lowest BCUT2D eigenvalue weighted by atomic mass is 10.0. The molecule has 4 amide bonds. The van der Waals surface area contributed by atoms with E-state index < -0.39 is 24.3 Å². The summed E-state index contributed by atoms with van der Waals surface area (Å²) < 4.78 is 9.52. The molecular weight excluding hydrogens is 771 g/mol. The van der Waals surface area contributed by atoms with Gasteiger partial charge >= 0.3 is 12.2 Å². The second-order valence-electron chi connectivity index (χ2n) is 13.7. The number of carbonyl (C=O) groups is 4. The third kappa shape index (κ3) is 10.5. The Kier molecular flexibility index (Phi) is 15.6. The van der Waals surface area contributed by atoms with Crippen LogP contribution in [0, 0.1) is 29.6 Å². The predicted molar refractivity (Wildman–Crippen MR) is 217 cm³/mol. The third-order valence-electron chi connectivity index (χ3n) is 9.78. The van der Waals surface area contributed by atoms with E-state index in [1.807, 2.05) is 56.3 Å². The number of alkyl carbamates (subject to hydrolysis) is 2. The van der Waals surface area contributed by atoms with Gasteiger partial charge in [0.05, 0.1) is 44.4 Å². The molecule has 1 unspecified atom stereocenters. The van der Waals surface area contributed by atoms with E-state index in [0.717, 1.165) is 42.5 Å². The largest absolute Gasteiger partial charge is 0.453 e. The Hall–Kier alpha value is -5.96. The summed E-state index contributed by atoms with van der Waals surface area (Å²) in [6, 6.07) is 14.7. The number of halogens is 2. The number of rotatable bonds is 9. The Morgan fingerprint density at radius 1 is 0.754 bits per heavy atom. The minimum absolute atomic E-state index is 0. The van der Waals surface area contributed by atoms with Crippen molar-refractivity contribution in [3.05, 3.63) is 95.5 Å². The van der Waals surface area contributed by atoms with Crippen molar-refractivity contribution in [1.82, 2.24) is 40.4 Å². The van der Waals surface area contributed by atoms with Crippen LogP contribution in [0.15, 0.2) is 67.0 Å². The molecule has 4 aromatic rings. The molecule has 2 aliphatic heterocycles. The molecular formula is C41H46Cl2N8O6. The molecule has 2 fully saturated rings. The number of imidazole rings is 2. The summed E-state index contributed by atoms with van der Waals surface area (Å²) >= 11 is 0. The van der Waals surface area contributed by atoms with E-state index in [1.54, 1.807) is 34.3 Å². The lowest BCUT2D eigenvalue weighted by molar-refractivity contribution is -0.135. The molecule has 2 aliphatic rings. The molecule has 16 heteroatoms. The molecule has 0 bridgehead atoms. The van der Waals surface area contributed by atoms with Gasteiger partial charge in [-0.15, -0.1) is 24.8 Å². The molecule has 0 spiro atoms. The Labute approximate surface area is 344 Å². The average Bonchev–Trinajstić information content (AvgIpc) is 4.04. The van der Waals surface area contributed by atoms with Gasteiger partial charge in [-0.05, 0) is 72.6 Å². The van der Waals surface area contributed by atoms with E-state index in [1.165, 1.54) is 14.2 Å². The number of aromatic nitrogens is 4. The highest BCUT2D eigenvalue weighted by Crippen LogP contribution is 2.34. The smallest absolute Gasteiger partial charge is 0.407 e. The van der Waals surface area contributed by atoms with Crippen LogP contribution in [0.4, 0.5) is 9.59 Å². The molecule has 57 heavy (non-hydrogen) atoms. The number of carbonyl (C=O) groups excluding carboxylic acids is 4. The maximum absolute atomic E-state index is 13.8. The topological polar surface area (TPSA) is 175 Å². The first-order valence-electron chi connectivity index (χ1n) is 18.2. The van der Waals surface area contributed by atoms with Gasteiger partial charge in [-0.2, -0.15) is 0 Å². The molecule has 300 valence electrons. The number of hydrogen-bond donors (Lipinski definition) is 4. The molecule has 2 aromatic carbocycles. The van der Waals surface area contributed by atoms with Crippen molar-refractivity contribution in [1.29, 1.82) is 0 Å². The molecule has 6 rings (SSSR count). The zero-order valence-electron chi connectivity index (χ0n) is 32.0. The first kappa shape index (κ1) is 43.8. The average molecular weight is 818 g/mol. The molecule has 14 nitrogen and oxygen atoms in total. The maximum atomic E-state index is 13.8. The van der Waals surface area contributed by atoms with Crippen LogP contribution in [-0.4, -0.2) is 87.1 Å². The zero-order valence-corrected chi connectivity index (χ0v) is 33.7. The lowest BCUT2D eigenvalue weighted by Gasteiger charge is -2.29. The SMILES string of the molecule is COC(=O)NC(C(=O)N1CCC[C@H]1c1ncc(-c2ccc(C#CC#Cc3cnc([C@@H]4CCCN4C(=O)[C@@H](NC(=O)OC)C(C)C)[nH]3)cc2)[nH]1)c1ccccc1.Cl.Cl. The summed E-state index contributed by atoms with van der Waals surface area (Å²) in [5.74, 6) is 12.6. The first-order chi connectivity index (χ1) is 26.7. The molecule has 0 saturated carbocycles. The molecule has 4 atom stereocenters. The van der Waals surface area contributed by atoms with E-state index >= 15 is 0 Å². The van der Waals surface area contributed by atoms with Gasteiger partial charge in [0, 0.05) is 18.7 Å². The van der Waals surface area contributed by atoms with Gasteiger partial charge in [0.15, 0.2) is 0 Å². The molecule has 0 radical (unpaired) electrons. The monoisotopic (exact) mass is 816 g/mol. The van der Waals surface area contributed by atoms with Crippen molar-refractivity contribution in [2.45, 2.75) is 63.7 Å². The van der Waals surface area contributed by atoms with Crippen LogP contribution >= 0.6 is 24.8 Å². The number of ether oxygens (including phenoxy) is 2. The number of amides is 4. The number of nitrogens with zero attached hydrogens (tertiary/aromatic N) is 4. The van der Waals surface area contributed by atoms with E-state index in [4.69, 9.17) is 9.47 Å². The van der Waals surface area contributed by atoms with Crippen molar-refractivity contribution >= 4 is 48.8 Å². The minimum Gasteiger partial charge on any atom is -0.453 e. The summed E-state index contributed by atoms with van der Waals surface area (Å²) in [7, 11) is 2.54. The van der Waals surface area contributed by atoms with Gasteiger partial charge in [-0.25, -0.2) is 19.6 Å². The number of benzene rings is 2. The fraction of sp³-hybridized carbons (Fsp3) is 0.366. The predicted octanol–water partition coefficient (Wildman–Crippen LogP) is 5.85. The quantitative estimate of drug-likeness (QED) is 0.152. The summed E-state index contributed by atoms with van der Waals surface area (Å²) in [6.07, 6.45) is 5.17. The normalized spacial score (nSPS) is 16.7. The van der Waals surface area contributed by atoms with Crippen molar-refractivity contribution in [2.75, 3.05) is 27.3 Å². The van der Waals surface area contributed by atoms with Crippen molar-refractivity contribution in [2.24, 2.45) is 5.92 Å². The summed E-state index contributed by atoms with van der Waals surface area (Å²) in [4.78, 5) is 70.5. The molecule has 2 saturated heterocycles. The van der Waals surface area contributed by atoms with Gasteiger partial charge in [0.2, 0.25) is 5.91 Å². The standard InChI is InChI=1S/C41H44N8O6.2ClH/c1-26(2)34(46-40(52)54-3)38(50)48-22-10-16-32(48)36-42-24-30(44-36)15-9-8-12-27-18-20-28(21-19-27)31-25-43-37(45-31)33-17-11-23-49(33)39(51)35(47-41(53)55-4)29-13-6-5-7-14-29;;/h5-7,13-14,18-21,24-26,32-35H,10-11,16-17,22-23H2,1-4H3,(H,42,44)(H,43,45)(H,46,52)(H,47,53);2*1H/t32-,33-,34-,35?;;/m0../s1. The van der Waals surface area contributed by atoms with E-state index in [0.29, 0.717) is 36.0 Å². The van der Waals surface area contributed by atoms with E-state index in [9.17, 15) is 19.2 Å². The number of hydrogen-bond acceptors (Lipinski definition) is 8. The number of methoxy groups -OCH3 is 2. The Morgan fingerprint density at radius 2 is 1.33 bits per heavy atom. The summed E-state index contributed by atoms with van der Waals surface area (Å²) in [6.45, 7) is 4.86. The number of likely N-dealkylation sites (tertiary alicyclic amines) is 2. The van der Waals surface area contributed by atoms with Gasteiger partial charge in [0.1, 0.15) is 29.4 Å². The summed E-state index contributed by atoms with van der Waals surface area (Å²) in [5.41, 5.74) is 3.74. The third-order valence-corrected chi connectivity index (χ3v) is 9.78. The fourth-order valence-electron chi connectivity index (χ4n) is 6.94. The van der Waals surface area contributed by atoms with Crippen LogP contribution in [-0.2, 0) is 19.1 Å². The van der Waals surface area contributed by atoms with Crippen molar-refractivity contribution in [3.8, 4) is 34.9 Å². The van der Waals surface area contributed by atoms with Gasteiger partial charge in [0.25, 0.3) is 5.91 Å². The van der Waals surface area contributed by atoms with Crippen LogP contribution in [0.25, 0.3) is 11.3 Å². The molecule has 4 N–H and O–H groups in total. The Morgan fingerprint density at radius 3 is 1.96 bits per heavy atom. The second kappa shape index (κ2) is 20.3. The minimum atomic E-state index is -0.888. The lowest BCUT2D eigenvalue weighted by Crippen LogP contribution is -2.51. The fourth-order valence-corrected chi connectivity index (χ4v) is 6.94. The zero-order chi connectivity index (χ0) is 38.9. The van der Waals surface area contributed by atoms with Crippen LogP contribution in [0.2, 0.25) is 0 Å². The molecule has 4 heterocycles. The number of aromatic amines is 2. The molecule has 0 aliphatic carbocycles. The van der Waals surface area contributed by atoms with E-state index in [-0.39, 0.29) is 54.6 Å². The van der Waals surface area contributed by atoms with Crippen molar-refractivity contribution in [3.63, 3.8) is 0 Å². The van der Waals surface area contributed by atoms with Crippen LogP contribution in [0.5, 0.6) is 0 Å². The summed E-state index contributed by atoms with van der Waals surface area (Å²) in [5, 5.41) is 5.35. The Balaban J connectivity index is 0.00000360. The second-order valence-corrected chi connectivity index (χ2v) is 13.7. The highest BCUT2D eigenvalue weighted by atomic mass is 35.5. The highest BCUT2D eigenvalue weighted by molar-refractivity contribution is 5.88. The van der Waals surface area contributed by atoms with Crippen LogP contribution in [0.1, 0.15) is 86.1 Å². The Bertz CT molecular complexity index is 2130. The maximum Gasteiger partial charge on any atom is 0.407 e. The van der Waals surface area contributed by atoms with Crippen molar-refractivity contribution < 1.29 is 28.7 Å². The first-order valence-corrected chi connectivity index (χ1v) is 18.2. The van der Waals surface area contributed by atoms with Gasteiger partial charge in [-0.1, -0.05) is 62.2 Å². The van der Waals surface area contributed by atoms with Crippen LogP contribution < -0.4 is 10.6 Å². The van der Waals surface area contributed by atoms with Gasteiger partial charge < -0.3 is 39.9 Å². The number of H-pyrrole nitrogens is 2. The van der Waals surface area contributed by atoms with Gasteiger partial charge in [-0.3, -0.25) is 9.59 Å². The highest BCUT2D eigenvalue weighted by Gasteiger charge is 2.38. The molecule has 2 aromatic heterocycles. The van der Waals surface area contributed by atoms with E-state index in [2.05, 4.69) is 54.3 Å². The van der Waals surface area contributed by atoms with Crippen LogP contribution in [0.3, 0.4) is 0 Å².